The molecular weight excluding hydrogens is 292 g/mol. The Kier molecular flexibility index (Phi) is 4.37. The second-order valence-electron chi connectivity index (χ2n) is 6.59. The van der Waals surface area contributed by atoms with Crippen LogP contribution in [-0.4, -0.2) is 41.5 Å². The van der Waals surface area contributed by atoms with Crippen molar-refractivity contribution in [3.8, 4) is 0 Å². The van der Waals surface area contributed by atoms with Crippen LogP contribution in [0.25, 0.3) is 10.9 Å². The first-order chi connectivity index (χ1) is 11.0. The highest BCUT2D eigenvalue weighted by molar-refractivity contribution is 5.95. The number of fused-ring (bicyclic) bond motifs is 1. The number of aromatic nitrogens is 1. The van der Waals surface area contributed by atoms with Gasteiger partial charge in [-0.2, -0.15) is 0 Å². The molecule has 2 heterocycles. The number of hydrogen-bond acceptors (Lipinski definition) is 3. The molecule has 2 aromatic rings. The van der Waals surface area contributed by atoms with Gasteiger partial charge in [-0.25, -0.2) is 4.79 Å². The number of likely N-dealkylation sites (tertiary alicyclic amines) is 1. The minimum absolute atomic E-state index is 0.118. The van der Waals surface area contributed by atoms with Gasteiger partial charge in [0.25, 0.3) is 5.91 Å². The van der Waals surface area contributed by atoms with Crippen LogP contribution in [0.1, 0.15) is 30.8 Å². The predicted octanol–water partition coefficient (Wildman–Crippen LogP) is 2.83. The van der Waals surface area contributed by atoms with E-state index in [4.69, 9.17) is 4.74 Å². The van der Waals surface area contributed by atoms with Gasteiger partial charge < -0.3 is 14.6 Å². The number of nitrogens with one attached hydrogen (secondary N) is 1. The van der Waals surface area contributed by atoms with Crippen molar-refractivity contribution in [2.45, 2.75) is 20.3 Å². The molecule has 0 radical (unpaired) electrons. The fraction of sp³-hybridized carbons (Fsp3) is 0.444. The molecule has 0 aliphatic carbocycles. The van der Waals surface area contributed by atoms with E-state index in [2.05, 4.69) is 18.8 Å². The van der Waals surface area contributed by atoms with Crippen molar-refractivity contribution in [3.05, 3.63) is 36.0 Å². The largest absolute Gasteiger partial charge is 0.451 e. The number of benzene rings is 1. The molecule has 5 nitrogen and oxygen atoms in total. The summed E-state index contributed by atoms with van der Waals surface area (Å²) in [5.41, 5.74) is 1.25. The fourth-order valence-corrected chi connectivity index (χ4v) is 3.35. The summed E-state index contributed by atoms with van der Waals surface area (Å²) >= 11 is 0. The van der Waals surface area contributed by atoms with Gasteiger partial charge in [-0.1, -0.05) is 32.0 Å². The number of nitrogens with zero attached hydrogens (tertiary/aromatic N) is 1. The Morgan fingerprint density at radius 1 is 1.22 bits per heavy atom. The Balaban J connectivity index is 1.59. The molecule has 0 bridgehead atoms. The van der Waals surface area contributed by atoms with Crippen molar-refractivity contribution in [1.82, 2.24) is 9.88 Å². The third-order valence-electron chi connectivity index (χ3n) is 4.30. The Hall–Kier alpha value is -2.30. The molecule has 1 N–H and O–H groups in total. The van der Waals surface area contributed by atoms with E-state index in [9.17, 15) is 9.59 Å². The molecule has 0 spiro atoms. The van der Waals surface area contributed by atoms with Gasteiger partial charge in [0.2, 0.25) is 0 Å². The van der Waals surface area contributed by atoms with E-state index in [0.29, 0.717) is 17.5 Å². The third kappa shape index (κ3) is 3.55. The number of esters is 1. The number of aromatic amines is 1. The lowest BCUT2D eigenvalue weighted by Crippen LogP contribution is -2.44. The summed E-state index contributed by atoms with van der Waals surface area (Å²) in [5, 5.41) is 0.949. The number of rotatable bonds is 3. The monoisotopic (exact) mass is 314 g/mol. The molecular formula is C18H22N2O3. The predicted molar refractivity (Wildman–Crippen MR) is 88.1 cm³/mol. The van der Waals surface area contributed by atoms with E-state index in [1.807, 2.05) is 24.3 Å². The van der Waals surface area contributed by atoms with E-state index < -0.39 is 5.97 Å². The van der Waals surface area contributed by atoms with E-state index in [-0.39, 0.29) is 12.5 Å². The maximum Gasteiger partial charge on any atom is 0.355 e. The van der Waals surface area contributed by atoms with Crippen molar-refractivity contribution < 1.29 is 14.3 Å². The quantitative estimate of drug-likeness (QED) is 0.886. The van der Waals surface area contributed by atoms with Gasteiger partial charge in [-0.15, -0.1) is 0 Å². The van der Waals surface area contributed by atoms with Crippen LogP contribution >= 0.6 is 0 Å². The molecule has 1 aliphatic rings. The van der Waals surface area contributed by atoms with Gasteiger partial charge in [-0.05, 0) is 30.4 Å². The molecule has 1 saturated heterocycles. The first-order valence-electron chi connectivity index (χ1n) is 8.05. The molecule has 122 valence electrons. The molecule has 23 heavy (non-hydrogen) atoms. The van der Waals surface area contributed by atoms with Crippen molar-refractivity contribution >= 4 is 22.8 Å². The van der Waals surface area contributed by atoms with Crippen LogP contribution in [0, 0.1) is 11.8 Å². The second kappa shape index (κ2) is 6.44. The van der Waals surface area contributed by atoms with Crippen molar-refractivity contribution in [3.63, 3.8) is 0 Å². The number of H-pyrrole nitrogens is 1. The lowest BCUT2D eigenvalue weighted by molar-refractivity contribution is -0.137. The van der Waals surface area contributed by atoms with Crippen LogP contribution in [0.2, 0.25) is 0 Å². The Bertz CT molecular complexity index is 679. The average Bonchev–Trinajstić information content (AvgIpc) is 2.95. The summed E-state index contributed by atoms with van der Waals surface area (Å²) in [7, 11) is 0. The van der Waals surface area contributed by atoms with E-state index in [1.54, 1.807) is 11.0 Å². The topological polar surface area (TPSA) is 62.4 Å². The van der Waals surface area contributed by atoms with Crippen LogP contribution in [-0.2, 0) is 9.53 Å². The summed E-state index contributed by atoms with van der Waals surface area (Å²) in [5.74, 6) is 0.375. The average molecular weight is 314 g/mol. The number of carbonyl (C=O) groups excluding carboxylic acids is 2. The number of para-hydroxylation sites is 1. The summed E-state index contributed by atoms with van der Waals surface area (Å²) in [6.45, 7) is 5.58. The molecule has 1 amide bonds. The third-order valence-corrected chi connectivity index (χ3v) is 4.30. The maximum atomic E-state index is 12.2. The molecule has 0 saturated carbocycles. The molecule has 1 aromatic carbocycles. The van der Waals surface area contributed by atoms with E-state index in [1.165, 1.54) is 0 Å². The summed E-state index contributed by atoms with van der Waals surface area (Å²) in [6.07, 6.45) is 1.14. The highest BCUT2D eigenvalue weighted by Gasteiger charge is 2.26. The second-order valence-corrected chi connectivity index (χ2v) is 6.59. The van der Waals surface area contributed by atoms with Crippen LogP contribution in [0.5, 0.6) is 0 Å². The van der Waals surface area contributed by atoms with Gasteiger partial charge in [0.15, 0.2) is 6.61 Å². The highest BCUT2D eigenvalue weighted by atomic mass is 16.5. The fourth-order valence-electron chi connectivity index (χ4n) is 3.35. The minimum Gasteiger partial charge on any atom is -0.451 e. The SMILES string of the molecule is CC1CC(C)CN(C(=O)COC(=O)c2cc3ccccc3[nH]2)C1. The number of carbonyl (C=O) groups is 2. The van der Waals surface area contributed by atoms with Crippen LogP contribution in [0.15, 0.2) is 30.3 Å². The number of ether oxygens (including phenoxy) is 1. The number of hydrogen-bond donors (Lipinski definition) is 1. The van der Waals surface area contributed by atoms with Gasteiger partial charge in [0, 0.05) is 24.0 Å². The van der Waals surface area contributed by atoms with E-state index >= 15 is 0 Å². The zero-order valence-electron chi connectivity index (χ0n) is 13.5. The summed E-state index contributed by atoms with van der Waals surface area (Å²) in [6, 6.07) is 9.37. The zero-order valence-corrected chi connectivity index (χ0v) is 13.5. The van der Waals surface area contributed by atoms with E-state index in [0.717, 1.165) is 30.4 Å². The maximum absolute atomic E-state index is 12.2. The van der Waals surface area contributed by atoms with Crippen LogP contribution in [0.3, 0.4) is 0 Å². The Morgan fingerprint density at radius 2 is 1.91 bits per heavy atom. The van der Waals surface area contributed by atoms with Crippen molar-refractivity contribution in [2.24, 2.45) is 11.8 Å². The smallest absolute Gasteiger partial charge is 0.355 e. The number of amides is 1. The Morgan fingerprint density at radius 3 is 2.61 bits per heavy atom. The minimum atomic E-state index is -0.493. The normalized spacial score (nSPS) is 21.4. The lowest BCUT2D eigenvalue weighted by Gasteiger charge is -2.34. The summed E-state index contributed by atoms with van der Waals surface area (Å²) in [4.78, 5) is 29.2. The molecule has 1 fully saturated rings. The van der Waals surface area contributed by atoms with Gasteiger partial charge in [0.05, 0.1) is 0 Å². The van der Waals surface area contributed by atoms with Crippen molar-refractivity contribution in [2.75, 3.05) is 19.7 Å². The first kappa shape index (κ1) is 15.6. The van der Waals surface area contributed by atoms with Crippen LogP contribution in [0.4, 0.5) is 0 Å². The lowest BCUT2D eigenvalue weighted by atomic mass is 9.92. The molecule has 1 aromatic heterocycles. The molecule has 1 aliphatic heterocycles. The standard InChI is InChI=1S/C18H22N2O3/c1-12-7-13(2)10-20(9-12)17(21)11-23-18(22)16-8-14-5-3-4-6-15(14)19-16/h3-6,8,12-13,19H,7,9-11H2,1-2H3. The van der Waals surface area contributed by atoms with Crippen LogP contribution < -0.4 is 0 Å². The van der Waals surface area contributed by atoms with Gasteiger partial charge >= 0.3 is 5.97 Å². The zero-order chi connectivity index (χ0) is 16.4. The molecule has 3 rings (SSSR count). The van der Waals surface area contributed by atoms with Gasteiger partial charge in [-0.3, -0.25) is 4.79 Å². The highest BCUT2D eigenvalue weighted by Crippen LogP contribution is 2.21. The summed E-state index contributed by atoms with van der Waals surface area (Å²) < 4.78 is 5.18. The number of piperidine rings is 1. The van der Waals surface area contributed by atoms with Crippen molar-refractivity contribution in [1.29, 1.82) is 0 Å². The molecule has 2 atom stereocenters. The molecule has 2 unspecified atom stereocenters. The van der Waals surface area contributed by atoms with Gasteiger partial charge in [0.1, 0.15) is 5.69 Å². The molecule has 5 heteroatoms. The first-order valence-corrected chi connectivity index (χ1v) is 8.05. The Labute approximate surface area is 135 Å².